The summed E-state index contributed by atoms with van der Waals surface area (Å²) in [6, 6.07) is 16.4. The normalized spacial score (nSPS) is 20.1. The number of rotatable bonds is 8. The van der Waals surface area contributed by atoms with Crippen LogP contribution in [0, 0.1) is 0 Å². The van der Waals surface area contributed by atoms with E-state index >= 15 is 0 Å². The smallest absolute Gasteiger partial charge is 0.200 e. The van der Waals surface area contributed by atoms with Crippen molar-refractivity contribution in [2.24, 2.45) is 0 Å². The third-order valence-electron chi connectivity index (χ3n) is 17.1. The van der Waals surface area contributed by atoms with Gasteiger partial charge >= 0.3 is 0 Å². The highest BCUT2D eigenvalue weighted by molar-refractivity contribution is 8.00. The van der Waals surface area contributed by atoms with Crippen LogP contribution in [0.25, 0.3) is 44.4 Å². The lowest BCUT2D eigenvalue weighted by Crippen LogP contribution is -2.20. The number of ketones is 2. The van der Waals surface area contributed by atoms with Gasteiger partial charge in [-0.1, -0.05) is 141 Å². The average molecular weight is 1570 g/mol. The van der Waals surface area contributed by atoms with Crippen LogP contribution in [0.1, 0.15) is 184 Å². The molecule has 13 rings (SSSR count). The summed E-state index contributed by atoms with van der Waals surface area (Å²) in [5.74, 6) is 2.13. The molecule has 0 bridgehead atoms. The molecule has 0 aliphatic heterocycles. The number of hydrogen-bond acceptors (Lipinski definition) is 22. The van der Waals surface area contributed by atoms with Gasteiger partial charge in [0.2, 0.25) is 23.6 Å². The molecule has 100 heavy (non-hydrogen) atoms. The molecular formula is C70H82Cl5N5O15S5. The highest BCUT2D eigenvalue weighted by Gasteiger charge is 2.42. The first-order valence-electron chi connectivity index (χ1n) is 32.4. The number of halogens is 5. The third kappa shape index (κ3) is 17.4. The first kappa shape index (κ1) is 79.0. The van der Waals surface area contributed by atoms with Crippen LogP contribution in [-0.4, -0.2) is 105 Å². The highest BCUT2D eigenvalue weighted by Crippen LogP contribution is 2.46. The Morgan fingerprint density at radius 2 is 0.810 bits per heavy atom. The number of nitrogens with two attached hydrogens (primary N) is 1. The fourth-order valence-electron chi connectivity index (χ4n) is 11.5. The molecule has 4 aromatic heterocycles. The minimum atomic E-state index is -3.78. The monoisotopic (exact) mass is 1570 g/mol. The van der Waals surface area contributed by atoms with E-state index in [-0.39, 0.29) is 93.3 Å². The van der Waals surface area contributed by atoms with Gasteiger partial charge < -0.3 is 38.7 Å². The quantitative estimate of drug-likeness (QED) is 0.0536. The Morgan fingerprint density at radius 1 is 0.460 bits per heavy atom. The number of aromatic hydroxyl groups is 1. The van der Waals surface area contributed by atoms with Crippen LogP contribution in [-0.2, 0) is 60.8 Å². The second-order valence-electron chi connectivity index (χ2n) is 29.5. The molecule has 4 saturated carbocycles. The highest BCUT2D eigenvalue weighted by atomic mass is 35.5. The Hall–Kier alpha value is -5.16. The van der Waals surface area contributed by atoms with Crippen molar-refractivity contribution in [2.75, 3.05) is 5.73 Å². The van der Waals surface area contributed by atoms with Gasteiger partial charge in [0.05, 0.1) is 68.5 Å². The van der Waals surface area contributed by atoms with Crippen LogP contribution in [0.5, 0.6) is 5.75 Å². The molecule has 4 fully saturated rings. The fraction of sp³-hybridized carbons (Fsp3) is 0.486. The van der Waals surface area contributed by atoms with Gasteiger partial charge in [0, 0.05) is 52.6 Å². The van der Waals surface area contributed by atoms with Crippen molar-refractivity contribution in [3.8, 4) is 5.75 Å². The van der Waals surface area contributed by atoms with Crippen LogP contribution in [0.15, 0.2) is 103 Å². The Balaban J connectivity index is 0.000000147. The number of carbonyl (C=O) groups is 2. The molecule has 4 unspecified atom stereocenters. The number of aromatic nitrogens is 4. The molecule has 0 spiro atoms. The van der Waals surface area contributed by atoms with Gasteiger partial charge in [-0.2, -0.15) is 0 Å². The van der Waals surface area contributed by atoms with E-state index in [1.807, 2.05) is 59.7 Å². The number of aliphatic hydroxyl groups excluding tert-OH is 2. The van der Waals surface area contributed by atoms with Crippen LogP contribution in [0.2, 0.25) is 25.1 Å². The van der Waals surface area contributed by atoms with E-state index < -0.39 is 63.2 Å². The van der Waals surface area contributed by atoms with Gasteiger partial charge in [-0.05, 0) is 112 Å². The maximum atomic E-state index is 13.0. The maximum Gasteiger partial charge on any atom is 0.200 e. The number of benzene rings is 5. The van der Waals surface area contributed by atoms with Crippen LogP contribution < -0.4 is 5.73 Å². The second kappa shape index (κ2) is 30.1. The topological polar surface area (TPSA) is 327 Å². The average Bonchev–Trinajstić information content (AvgIpc) is 1.53. The molecule has 30 heteroatoms. The van der Waals surface area contributed by atoms with Crippen molar-refractivity contribution in [1.82, 2.24) is 19.9 Å². The molecule has 542 valence electrons. The Morgan fingerprint density at radius 3 is 1.21 bits per heavy atom. The molecular weight excluding hydrogens is 1490 g/mol. The van der Waals surface area contributed by atoms with Crippen molar-refractivity contribution in [2.45, 2.75) is 239 Å². The summed E-state index contributed by atoms with van der Waals surface area (Å²) in [7, 11) is -11.2. The number of phenols is 1. The molecule has 4 aliphatic rings. The molecule has 4 heterocycles. The molecule has 0 saturated heterocycles. The number of nitrogen functional groups attached to an aromatic ring is 1. The van der Waals surface area contributed by atoms with Crippen molar-refractivity contribution in [3.63, 3.8) is 0 Å². The molecule has 0 amide bonds. The molecule has 0 radical (unpaired) electrons. The van der Waals surface area contributed by atoms with E-state index in [0.717, 1.165) is 27.9 Å². The molecule has 20 nitrogen and oxygen atoms in total. The fourth-order valence-corrected chi connectivity index (χ4v) is 20.8. The summed E-state index contributed by atoms with van der Waals surface area (Å²) in [6.45, 7) is 24.0. The number of aliphatic hydroxyl groups is 2. The summed E-state index contributed by atoms with van der Waals surface area (Å²) in [5, 5.41) is 28.5. The lowest BCUT2D eigenvalue weighted by Gasteiger charge is -2.15. The number of sulfone groups is 3. The predicted octanol–water partition coefficient (Wildman–Crippen LogP) is 17.5. The molecule has 6 atom stereocenters. The minimum absolute atomic E-state index is 0.00114. The van der Waals surface area contributed by atoms with E-state index in [2.05, 4.69) is 74.1 Å². The Kier molecular flexibility index (Phi) is 23.8. The van der Waals surface area contributed by atoms with E-state index in [1.54, 1.807) is 30.0 Å². The zero-order valence-corrected chi connectivity index (χ0v) is 65.2. The zero-order valence-electron chi connectivity index (χ0n) is 57.3. The van der Waals surface area contributed by atoms with Crippen molar-refractivity contribution >= 4 is 174 Å². The van der Waals surface area contributed by atoms with E-state index in [4.69, 9.17) is 81.4 Å². The number of hydrogen-bond donors (Lipinski definition) is 5. The second-order valence-corrected chi connectivity index (χ2v) is 39.8. The van der Waals surface area contributed by atoms with Gasteiger partial charge in [-0.25, -0.2) is 45.2 Å². The summed E-state index contributed by atoms with van der Waals surface area (Å²) in [5.41, 5.74) is 8.90. The minimum Gasteiger partial charge on any atom is -0.504 e. The summed E-state index contributed by atoms with van der Waals surface area (Å²) >= 11 is 36.5. The van der Waals surface area contributed by atoms with Gasteiger partial charge in [0.25, 0.3) is 0 Å². The maximum absolute atomic E-state index is 13.0. The molecule has 5 aromatic carbocycles. The summed E-state index contributed by atoms with van der Waals surface area (Å²) in [6.07, 6.45) is 3.77. The first-order valence-corrected chi connectivity index (χ1v) is 40.3. The molecule has 5 N–H and O–H groups in total. The number of thiol groups is 1. The number of nitrogens with zero attached hydrogens (tertiary/aromatic N) is 4. The van der Waals surface area contributed by atoms with Gasteiger partial charge in [-0.3, -0.25) is 9.59 Å². The van der Waals surface area contributed by atoms with E-state index in [0.29, 0.717) is 118 Å². The number of thioether (sulfide) groups is 1. The molecule has 9 aromatic rings. The number of oxazole rings is 4. The molecule has 4 aliphatic carbocycles. The predicted molar refractivity (Wildman–Crippen MR) is 396 cm³/mol. The van der Waals surface area contributed by atoms with E-state index in [1.165, 1.54) is 24.3 Å². The Bertz CT molecular complexity index is 4950. The number of anilines is 1. The van der Waals surface area contributed by atoms with Crippen molar-refractivity contribution < 1.29 is 67.8 Å². The standard InChI is InChI=1S/C16H20ClNO4S.C16H18ClNO4S.C16H18ClNO2S.C11H14ClNO4S.C11H12ClNOS/c2*1-16(2,3)15-18-12-7-6-11(17)14(13(12)22-15)23(20,21)10-5-4-9(19)8-10;1-16(2,3)15-18-12-7-6-11(17)14(13(12)20-15)21-10-5-4-9(19)8-10;12-8-3-4-9(13)10(15)11(8)18(16,17)7-2-1-6(14)5-7;1-11(2,3)10-13-7-5-4-6(12)9(15)8(7)14-10/h6-7,9-10,19H,4-5,8H2,1-3H3;6-7,10H,4-5,8H2,1-3H3;6-7,10H,4-5,8H2,1-3H3;3-4,6-7,14-15H,1-2,5,13H2;4-5,15H,1-3H3/t9-,10?;;;6-,7?;/m1..1./s1. The van der Waals surface area contributed by atoms with Gasteiger partial charge in [0.15, 0.2) is 57.6 Å². The van der Waals surface area contributed by atoms with Crippen LogP contribution >= 0.6 is 82.4 Å². The number of Topliss-reactive ketones (excluding diaryl/α,β-unsaturated/α-hetero) is 2. The van der Waals surface area contributed by atoms with Crippen LogP contribution in [0.4, 0.5) is 5.69 Å². The lowest BCUT2D eigenvalue weighted by molar-refractivity contribution is -0.118. The first-order chi connectivity index (χ1) is 46.3. The summed E-state index contributed by atoms with van der Waals surface area (Å²) in [4.78, 5) is 41.9. The number of phenolic OH excluding ortho intramolecular Hbond substituents is 1. The SMILES string of the molecule is CC(C)(C)c1nc2ccc(Cl)c(S(=O)(=O)C3CCC(=O)C3)c2o1.CC(C)(C)c1nc2ccc(Cl)c(S(=O)(=O)C3CC[C@@H](O)C3)c2o1.CC(C)(C)c1nc2ccc(Cl)c(S)c2o1.CC(C)(C)c1nc2ccc(Cl)c(SC3CCC(=O)C3)c2o1.Nc1ccc(Cl)c(S(=O)(=O)C2CC[C@@H](O)C2)c1O. The Labute approximate surface area is 616 Å². The lowest BCUT2D eigenvalue weighted by atomic mass is 9.97. The number of fused-ring (bicyclic) bond motifs is 4. The van der Waals surface area contributed by atoms with Crippen molar-refractivity contribution in [3.05, 3.63) is 109 Å². The largest absolute Gasteiger partial charge is 0.504 e. The zero-order chi connectivity index (χ0) is 73.9. The third-order valence-corrected chi connectivity index (χ3v) is 27.9. The van der Waals surface area contributed by atoms with Crippen LogP contribution in [0.3, 0.4) is 0 Å². The van der Waals surface area contributed by atoms with Gasteiger partial charge in [0.1, 0.15) is 48.3 Å². The van der Waals surface area contributed by atoms with Gasteiger partial charge in [-0.15, -0.1) is 24.4 Å². The number of carbonyl (C=O) groups excluding carboxylic acids is 2. The van der Waals surface area contributed by atoms with Crippen molar-refractivity contribution in [1.29, 1.82) is 0 Å². The van der Waals surface area contributed by atoms with E-state index in [9.17, 15) is 50.2 Å². The summed E-state index contributed by atoms with van der Waals surface area (Å²) < 4.78 is 99.8.